The van der Waals surface area contributed by atoms with Crippen molar-refractivity contribution in [2.24, 2.45) is 5.14 Å². The minimum Gasteiger partial charge on any atom is -0.225 e. The first-order valence-corrected chi connectivity index (χ1v) is 10.2. The summed E-state index contributed by atoms with van der Waals surface area (Å²) in [5, 5.41) is 6.14. The van der Waals surface area contributed by atoms with Gasteiger partial charge in [-0.25, -0.2) is 26.7 Å². The van der Waals surface area contributed by atoms with E-state index >= 15 is 0 Å². The van der Waals surface area contributed by atoms with E-state index < -0.39 is 20.0 Å². The number of sulfonamides is 2. The first-order chi connectivity index (χ1) is 11.3. The number of primary sulfonamides is 1. The molecule has 0 bridgehead atoms. The summed E-state index contributed by atoms with van der Waals surface area (Å²) in [6.07, 6.45) is 1.95. The molecule has 0 aromatic heterocycles. The molecule has 0 saturated carbocycles. The van der Waals surface area contributed by atoms with Crippen LogP contribution in [-0.2, 0) is 26.5 Å². The second-order valence-corrected chi connectivity index (χ2v) is 8.30. The van der Waals surface area contributed by atoms with Crippen molar-refractivity contribution < 1.29 is 16.8 Å². The molecule has 2 rings (SSSR count). The van der Waals surface area contributed by atoms with Gasteiger partial charge in [0.1, 0.15) is 0 Å². The summed E-state index contributed by atoms with van der Waals surface area (Å²) in [5.74, 6) is 0. The third kappa shape index (κ3) is 5.89. The maximum Gasteiger partial charge on any atom is 0.238 e. The third-order valence-electron chi connectivity index (χ3n) is 3.21. The van der Waals surface area contributed by atoms with Gasteiger partial charge in [-0.2, -0.15) is 0 Å². The maximum atomic E-state index is 11.9. The molecule has 2 aromatic carbocycles. The highest BCUT2D eigenvalue weighted by Crippen LogP contribution is 2.09. The molecular formula is C16H18N2O4S2. The molecule has 0 aliphatic rings. The van der Waals surface area contributed by atoms with Crippen molar-refractivity contribution in [2.75, 3.05) is 6.54 Å². The van der Waals surface area contributed by atoms with Crippen LogP contribution in [0.1, 0.15) is 11.1 Å². The zero-order chi connectivity index (χ0) is 17.6. The number of nitrogens with two attached hydrogens (primary N) is 1. The lowest BCUT2D eigenvalue weighted by Gasteiger charge is -2.04. The van der Waals surface area contributed by atoms with Crippen LogP contribution in [0.4, 0.5) is 0 Å². The molecule has 0 amide bonds. The average molecular weight is 366 g/mol. The molecule has 128 valence electrons. The summed E-state index contributed by atoms with van der Waals surface area (Å²) >= 11 is 0. The van der Waals surface area contributed by atoms with Crippen molar-refractivity contribution in [3.8, 4) is 0 Å². The average Bonchev–Trinajstić information content (AvgIpc) is 2.54. The number of benzene rings is 2. The molecule has 0 saturated heterocycles. The van der Waals surface area contributed by atoms with Crippen LogP contribution < -0.4 is 9.86 Å². The number of rotatable bonds is 7. The Morgan fingerprint density at radius 3 is 2.12 bits per heavy atom. The fourth-order valence-electron chi connectivity index (χ4n) is 1.96. The molecule has 0 aliphatic carbocycles. The molecule has 3 N–H and O–H groups in total. The number of hydrogen-bond donors (Lipinski definition) is 2. The van der Waals surface area contributed by atoms with Crippen molar-refractivity contribution in [2.45, 2.75) is 11.3 Å². The van der Waals surface area contributed by atoms with Gasteiger partial charge in [0.2, 0.25) is 20.0 Å². The van der Waals surface area contributed by atoms with Gasteiger partial charge in [0.05, 0.1) is 4.90 Å². The van der Waals surface area contributed by atoms with Crippen LogP contribution >= 0.6 is 0 Å². The highest BCUT2D eigenvalue weighted by Gasteiger charge is 2.08. The van der Waals surface area contributed by atoms with Crippen LogP contribution in [0.2, 0.25) is 0 Å². The normalized spacial score (nSPS) is 12.5. The topological polar surface area (TPSA) is 106 Å². The summed E-state index contributed by atoms with van der Waals surface area (Å²) < 4.78 is 48.6. The summed E-state index contributed by atoms with van der Waals surface area (Å²) in [4.78, 5) is 0.0256. The Kier molecular flexibility index (Phi) is 5.89. The molecule has 0 aliphatic heterocycles. The molecule has 0 fully saturated rings. The van der Waals surface area contributed by atoms with E-state index in [1.165, 1.54) is 18.2 Å². The summed E-state index contributed by atoms with van der Waals surface area (Å²) in [6.45, 7) is 0.205. The summed E-state index contributed by atoms with van der Waals surface area (Å²) in [7, 11) is -7.25. The highest BCUT2D eigenvalue weighted by molar-refractivity contribution is 7.92. The lowest BCUT2D eigenvalue weighted by atomic mass is 10.2. The number of hydrogen-bond acceptors (Lipinski definition) is 4. The van der Waals surface area contributed by atoms with E-state index in [0.29, 0.717) is 6.42 Å². The lowest BCUT2D eigenvalue weighted by Crippen LogP contribution is -2.23. The zero-order valence-electron chi connectivity index (χ0n) is 12.8. The summed E-state index contributed by atoms with van der Waals surface area (Å²) in [5.41, 5.74) is 1.60. The monoisotopic (exact) mass is 366 g/mol. The van der Waals surface area contributed by atoms with Crippen LogP contribution in [0.15, 0.2) is 64.9 Å². The van der Waals surface area contributed by atoms with Crippen molar-refractivity contribution in [1.29, 1.82) is 0 Å². The van der Waals surface area contributed by atoms with Crippen LogP contribution in [0.25, 0.3) is 6.08 Å². The van der Waals surface area contributed by atoms with Gasteiger partial charge >= 0.3 is 0 Å². The first kappa shape index (κ1) is 18.3. The summed E-state index contributed by atoms with van der Waals surface area (Å²) in [6, 6.07) is 15.1. The SMILES string of the molecule is NS(=O)(=O)c1ccc(CCNS(=O)(=O)/C=C/c2ccccc2)cc1. The second kappa shape index (κ2) is 7.71. The Labute approximate surface area is 142 Å². The Bertz CT molecular complexity index is 904. The Hall–Kier alpha value is -2.00. The van der Waals surface area contributed by atoms with E-state index in [1.807, 2.05) is 18.2 Å². The largest absolute Gasteiger partial charge is 0.238 e. The predicted molar refractivity (Wildman–Crippen MR) is 93.9 cm³/mol. The minimum absolute atomic E-state index is 0.0256. The third-order valence-corrected chi connectivity index (χ3v) is 5.24. The van der Waals surface area contributed by atoms with Crippen LogP contribution in [0, 0.1) is 0 Å². The lowest BCUT2D eigenvalue weighted by molar-refractivity contribution is 0.591. The Morgan fingerprint density at radius 2 is 1.54 bits per heavy atom. The van der Waals surface area contributed by atoms with E-state index in [4.69, 9.17) is 5.14 Å². The van der Waals surface area contributed by atoms with Crippen molar-refractivity contribution in [1.82, 2.24) is 4.72 Å². The van der Waals surface area contributed by atoms with Gasteiger partial charge in [0.25, 0.3) is 0 Å². The van der Waals surface area contributed by atoms with Gasteiger partial charge in [-0.05, 0) is 35.8 Å². The maximum absolute atomic E-state index is 11.9. The highest BCUT2D eigenvalue weighted by atomic mass is 32.2. The van der Waals surface area contributed by atoms with E-state index in [1.54, 1.807) is 24.3 Å². The molecule has 8 heteroatoms. The van der Waals surface area contributed by atoms with Crippen molar-refractivity contribution in [3.63, 3.8) is 0 Å². The van der Waals surface area contributed by atoms with Gasteiger partial charge in [-0.15, -0.1) is 0 Å². The fourth-order valence-corrected chi connectivity index (χ4v) is 3.30. The molecule has 0 spiro atoms. The molecule has 0 heterocycles. The second-order valence-electron chi connectivity index (χ2n) is 5.09. The van der Waals surface area contributed by atoms with E-state index in [9.17, 15) is 16.8 Å². The molecular weight excluding hydrogens is 348 g/mol. The van der Waals surface area contributed by atoms with Gasteiger partial charge in [-0.3, -0.25) is 0 Å². The molecule has 0 radical (unpaired) electrons. The number of nitrogens with one attached hydrogen (secondary N) is 1. The zero-order valence-corrected chi connectivity index (χ0v) is 14.4. The van der Waals surface area contributed by atoms with Crippen LogP contribution in [-0.4, -0.2) is 23.4 Å². The van der Waals surface area contributed by atoms with E-state index in [2.05, 4.69) is 4.72 Å². The van der Waals surface area contributed by atoms with Crippen LogP contribution in [0.5, 0.6) is 0 Å². The van der Waals surface area contributed by atoms with Crippen LogP contribution in [0.3, 0.4) is 0 Å². The molecule has 6 nitrogen and oxygen atoms in total. The van der Waals surface area contributed by atoms with Crippen molar-refractivity contribution >= 4 is 26.1 Å². The molecule has 2 aromatic rings. The fraction of sp³-hybridized carbons (Fsp3) is 0.125. The van der Waals surface area contributed by atoms with Gasteiger partial charge < -0.3 is 0 Å². The van der Waals surface area contributed by atoms with Gasteiger partial charge in [0.15, 0.2) is 0 Å². The quantitative estimate of drug-likeness (QED) is 0.774. The minimum atomic E-state index is -3.72. The molecule has 24 heavy (non-hydrogen) atoms. The molecule has 0 atom stereocenters. The smallest absolute Gasteiger partial charge is 0.225 e. The van der Waals surface area contributed by atoms with E-state index in [0.717, 1.165) is 16.5 Å². The first-order valence-electron chi connectivity index (χ1n) is 7.11. The standard InChI is InChI=1S/C16H18N2O4S2/c17-24(21,22)16-8-6-15(7-9-16)10-12-18-23(19,20)13-11-14-4-2-1-3-5-14/h1-9,11,13,18H,10,12H2,(H2,17,21,22)/b13-11+. The Morgan fingerprint density at radius 1 is 0.917 bits per heavy atom. The molecule has 0 unspecified atom stereocenters. The van der Waals surface area contributed by atoms with E-state index in [-0.39, 0.29) is 11.4 Å². The Balaban J connectivity index is 1.90. The van der Waals surface area contributed by atoms with Gasteiger partial charge in [0, 0.05) is 12.0 Å². The predicted octanol–water partition coefficient (Wildman–Crippen LogP) is 1.47. The van der Waals surface area contributed by atoms with Gasteiger partial charge in [-0.1, -0.05) is 42.5 Å². The van der Waals surface area contributed by atoms with Crippen molar-refractivity contribution in [3.05, 3.63) is 71.1 Å².